The van der Waals surface area contributed by atoms with Gasteiger partial charge in [0.15, 0.2) is 0 Å². The van der Waals surface area contributed by atoms with E-state index in [1.54, 1.807) is 0 Å². The van der Waals surface area contributed by atoms with Crippen molar-refractivity contribution in [2.24, 2.45) is 0 Å². The van der Waals surface area contributed by atoms with Crippen LogP contribution in [0.25, 0.3) is 11.4 Å². The second-order valence-corrected chi connectivity index (χ2v) is 4.06. The van der Waals surface area contributed by atoms with Crippen LogP contribution in [-0.2, 0) is 6.42 Å². The summed E-state index contributed by atoms with van der Waals surface area (Å²) in [6.07, 6.45) is 0.744. The molecule has 0 aliphatic heterocycles. The number of benzene rings is 1. The van der Waals surface area contributed by atoms with Crippen molar-refractivity contribution in [2.45, 2.75) is 13.3 Å². The first-order valence-electron chi connectivity index (χ1n) is 5.59. The summed E-state index contributed by atoms with van der Waals surface area (Å²) < 4.78 is 5.16. The number of rotatable bonds is 5. The molecule has 0 fully saturated rings. The van der Waals surface area contributed by atoms with Crippen molar-refractivity contribution >= 4 is 11.6 Å². The van der Waals surface area contributed by atoms with E-state index in [1.807, 2.05) is 24.3 Å². The van der Waals surface area contributed by atoms with Gasteiger partial charge >= 0.3 is 0 Å². The lowest BCUT2D eigenvalue weighted by atomic mass is 10.2. The molecule has 5 heteroatoms. The Hall–Kier alpha value is -1.39. The molecular formula is C12H14ClN3O. The molecule has 2 rings (SSSR count). The molecule has 90 valence electrons. The van der Waals surface area contributed by atoms with E-state index in [0.29, 0.717) is 16.7 Å². The molecule has 0 amide bonds. The fourth-order valence-electron chi connectivity index (χ4n) is 1.44. The molecule has 0 radical (unpaired) electrons. The van der Waals surface area contributed by atoms with E-state index < -0.39 is 0 Å². The first-order chi connectivity index (χ1) is 8.29. The topological polar surface area (TPSA) is 51.0 Å². The van der Waals surface area contributed by atoms with E-state index >= 15 is 0 Å². The molecule has 0 atom stereocenters. The molecule has 1 heterocycles. The molecule has 1 aromatic carbocycles. The van der Waals surface area contributed by atoms with Crippen molar-refractivity contribution in [1.82, 2.24) is 15.5 Å². The Kier molecular flexibility index (Phi) is 4.12. The van der Waals surface area contributed by atoms with Crippen LogP contribution in [0.5, 0.6) is 0 Å². The van der Waals surface area contributed by atoms with E-state index in [2.05, 4.69) is 22.4 Å². The molecule has 0 spiro atoms. The van der Waals surface area contributed by atoms with Crippen LogP contribution in [0.4, 0.5) is 0 Å². The molecule has 4 nitrogen and oxygen atoms in total. The Morgan fingerprint density at radius 2 is 2.06 bits per heavy atom. The molecule has 0 bridgehead atoms. The fourth-order valence-corrected chi connectivity index (χ4v) is 1.57. The van der Waals surface area contributed by atoms with Gasteiger partial charge in [-0.1, -0.05) is 23.7 Å². The maximum Gasteiger partial charge on any atom is 0.228 e. The number of aromatic nitrogens is 2. The quantitative estimate of drug-likeness (QED) is 0.830. The van der Waals surface area contributed by atoms with Crippen LogP contribution < -0.4 is 5.32 Å². The van der Waals surface area contributed by atoms with Crippen LogP contribution in [0.15, 0.2) is 28.8 Å². The molecule has 1 aromatic heterocycles. The normalized spacial score (nSPS) is 10.7. The molecule has 0 aliphatic carbocycles. The van der Waals surface area contributed by atoms with Gasteiger partial charge < -0.3 is 9.84 Å². The van der Waals surface area contributed by atoms with Crippen molar-refractivity contribution in [1.29, 1.82) is 0 Å². The molecular weight excluding hydrogens is 238 g/mol. The number of halogens is 1. The number of likely N-dealkylation sites (N-methyl/N-ethyl adjacent to an activating group) is 1. The first-order valence-corrected chi connectivity index (χ1v) is 5.96. The minimum absolute atomic E-state index is 0.605. The van der Waals surface area contributed by atoms with Crippen molar-refractivity contribution in [2.75, 3.05) is 13.1 Å². The monoisotopic (exact) mass is 251 g/mol. The van der Waals surface area contributed by atoms with Crippen molar-refractivity contribution in [3.05, 3.63) is 35.2 Å². The summed E-state index contributed by atoms with van der Waals surface area (Å²) in [7, 11) is 0. The fraction of sp³-hybridized carbons (Fsp3) is 0.333. The first kappa shape index (κ1) is 12.1. The van der Waals surface area contributed by atoms with Crippen LogP contribution in [0.2, 0.25) is 5.02 Å². The zero-order chi connectivity index (χ0) is 12.1. The highest BCUT2D eigenvalue weighted by Crippen LogP contribution is 2.18. The summed E-state index contributed by atoms with van der Waals surface area (Å²) in [5.74, 6) is 1.25. The highest BCUT2D eigenvalue weighted by Gasteiger charge is 2.07. The van der Waals surface area contributed by atoms with Crippen molar-refractivity contribution in [3.8, 4) is 11.4 Å². The van der Waals surface area contributed by atoms with E-state index in [0.717, 1.165) is 25.1 Å². The minimum Gasteiger partial charge on any atom is -0.339 e. The highest BCUT2D eigenvalue weighted by atomic mass is 35.5. The van der Waals surface area contributed by atoms with E-state index in [9.17, 15) is 0 Å². The van der Waals surface area contributed by atoms with Gasteiger partial charge in [0.2, 0.25) is 11.7 Å². The molecule has 17 heavy (non-hydrogen) atoms. The maximum atomic E-state index is 5.82. The summed E-state index contributed by atoms with van der Waals surface area (Å²) in [6, 6.07) is 7.37. The lowest BCUT2D eigenvalue weighted by Gasteiger charge is -1.95. The molecule has 0 saturated heterocycles. The third-order valence-electron chi connectivity index (χ3n) is 2.34. The number of nitrogens with zero attached hydrogens (tertiary/aromatic N) is 2. The van der Waals surface area contributed by atoms with Gasteiger partial charge in [-0.3, -0.25) is 0 Å². The summed E-state index contributed by atoms with van der Waals surface area (Å²) in [5, 5.41) is 7.84. The molecule has 1 N–H and O–H groups in total. The third kappa shape index (κ3) is 3.28. The van der Waals surface area contributed by atoms with Crippen molar-refractivity contribution < 1.29 is 4.52 Å². The Balaban J connectivity index is 2.04. The molecule has 0 aliphatic rings. The zero-order valence-electron chi connectivity index (χ0n) is 9.61. The van der Waals surface area contributed by atoms with Gasteiger partial charge in [-0.05, 0) is 30.8 Å². The van der Waals surface area contributed by atoms with Crippen LogP contribution in [0.3, 0.4) is 0 Å². The van der Waals surface area contributed by atoms with Gasteiger partial charge in [0.1, 0.15) is 0 Å². The Morgan fingerprint density at radius 1 is 1.29 bits per heavy atom. The average Bonchev–Trinajstić information content (AvgIpc) is 2.79. The zero-order valence-corrected chi connectivity index (χ0v) is 10.4. The van der Waals surface area contributed by atoms with Gasteiger partial charge in [0.05, 0.1) is 0 Å². The third-order valence-corrected chi connectivity index (χ3v) is 2.59. The van der Waals surface area contributed by atoms with Crippen LogP contribution in [0, 0.1) is 0 Å². The molecule has 0 saturated carbocycles. The highest BCUT2D eigenvalue weighted by molar-refractivity contribution is 6.30. The maximum absolute atomic E-state index is 5.82. The summed E-state index contributed by atoms with van der Waals surface area (Å²) in [6.45, 7) is 3.85. The SMILES string of the molecule is CCNCCc1nc(-c2ccc(Cl)cc2)no1. The lowest BCUT2D eigenvalue weighted by Crippen LogP contribution is -2.16. The van der Waals surface area contributed by atoms with Gasteiger partial charge in [-0.25, -0.2) is 0 Å². The van der Waals surface area contributed by atoms with Gasteiger partial charge in [0, 0.05) is 23.6 Å². The van der Waals surface area contributed by atoms with Crippen LogP contribution >= 0.6 is 11.6 Å². The minimum atomic E-state index is 0.605. The Labute approximate surface area is 105 Å². The second kappa shape index (κ2) is 5.80. The number of nitrogens with one attached hydrogen (secondary N) is 1. The van der Waals surface area contributed by atoms with E-state index in [4.69, 9.17) is 16.1 Å². The molecule has 2 aromatic rings. The summed E-state index contributed by atoms with van der Waals surface area (Å²) in [4.78, 5) is 4.32. The lowest BCUT2D eigenvalue weighted by molar-refractivity contribution is 0.377. The number of hydrogen-bond donors (Lipinski definition) is 1. The average molecular weight is 252 g/mol. The summed E-state index contributed by atoms with van der Waals surface area (Å²) >= 11 is 5.82. The predicted molar refractivity (Wildman–Crippen MR) is 67.0 cm³/mol. The van der Waals surface area contributed by atoms with Crippen LogP contribution in [-0.4, -0.2) is 23.2 Å². The smallest absolute Gasteiger partial charge is 0.228 e. The Morgan fingerprint density at radius 3 is 2.76 bits per heavy atom. The van der Waals surface area contributed by atoms with E-state index in [1.165, 1.54) is 0 Å². The Bertz CT molecular complexity index is 467. The largest absolute Gasteiger partial charge is 0.339 e. The standard InChI is InChI=1S/C12H14ClN3O/c1-2-14-8-7-11-15-12(16-17-11)9-3-5-10(13)6-4-9/h3-6,14H,2,7-8H2,1H3. The second-order valence-electron chi connectivity index (χ2n) is 3.62. The van der Waals surface area contributed by atoms with Crippen molar-refractivity contribution in [3.63, 3.8) is 0 Å². The van der Waals surface area contributed by atoms with Gasteiger partial charge in [0.25, 0.3) is 0 Å². The van der Waals surface area contributed by atoms with E-state index in [-0.39, 0.29) is 0 Å². The van der Waals surface area contributed by atoms with Gasteiger partial charge in [-0.15, -0.1) is 0 Å². The predicted octanol–water partition coefficient (Wildman–Crippen LogP) is 2.54. The van der Waals surface area contributed by atoms with Crippen LogP contribution in [0.1, 0.15) is 12.8 Å². The summed E-state index contributed by atoms with van der Waals surface area (Å²) in [5.41, 5.74) is 0.910. The van der Waals surface area contributed by atoms with Gasteiger partial charge in [-0.2, -0.15) is 4.98 Å². The molecule has 0 unspecified atom stereocenters. The number of hydrogen-bond acceptors (Lipinski definition) is 4.